The van der Waals surface area contributed by atoms with Crippen molar-refractivity contribution in [3.05, 3.63) is 35.9 Å². The third-order valence-corrected chi connectivity index (χ3v) is 1.77. The van der Waals surface area contributed by atoms with Crippen molar-refractivity contribution in [1.82, 2.24) is 0 Å². The average molecular weight is 124 g/mol. The summed E-state index contributed by atoms with van der Waals surface area (Å²) in [6, 6.07) is 6.34. The average Bonchev–Trinajstić information content (AvgIpc) is 1.95. The molecule has 0 aromatic heterocycles. The Morgan fingerprint density at radius 3 is 2.70 bits per heavy atom. The summed E-state index contributed by atoms with van der Waals surface area (Å²) < 4.78 is 1.33. The minimum absolute atomic E-state index is 1.20. The van der Waals surface area contributed by atoms with Crippen molar-refractivity contribution in [3.63, 3.8) is 0 Å². The van der Waals surface area contributed by atoms with E-state index in [4.69, 9.17) is 0 Å². The maximum atomic E-state index is 3.70. The van der Waals surface area contributed by atoms with Crippen LogP contribution in [0.1, 0.15) is 11.1 Å². The van der Waals surface area contributed by atoms with Crippen molar-refractivity contribution in [1.29, 1.82) is 0 Å². The quantitative estimate of drug-likeness (QED) is 0.497. The molecule has 0 aliphatic carbocycles. The van der Waals surface area contributed by atoms with Crippen LogP contribution >= 0.6 is 0 Å². The molecule has 0 unspecified atom stereocenters. The van der Waals surface area contributed by atoms with Gasteiger partial charge in [-0.1, -0.05) is 0 Å². The molecule has 1 aromatic rings. The maximum absolute atomic E-state index is 3.70. The molecule has 0 nitrogen and oxygen atoms in total. The molecule has 0 aliphatic rings. The Bertz CT molecular complexity index is 251. The van der Waals surface area contributed by atoms with Gasteiger partial charge < -0.3 is 0 Å². The number of aryl methyl sites for hydroxylation is 1. The van der Waals surface area contributed by atoms with Crippen molar-refractivity contribution in [2.45, 2.75) is 6.92 Å². The van der Waals surface area contributed by atoms with Crippen molar-refractivity contribution in [2.24, 2.45) is 0 Å². The van der Waals surface area contributed by atoms with Gasteiger partial charge in [-0.3, -0.25) is 0 Å². The van der Waals surface area contributed by atoms with Crippen LogP contribution in [0.5, 0.6) is 0 Å². The van der Waals surface area contributed by atoms with E-state index >= 15 is 0 Å². The zero-order valence-electron chi connectivity index (χ0n) is 6.52. The van der Waals surface area contributed by atoms with E-state index in [0.29, 0.717) is 0 Å². The van der Waals surface area contributed by atoms with E-state index in [1.807, 2.05) is 6.08 Å². The summed E-state index contributed by atoms with van der Waals surface area (Å²) in [6.07, 6.45) is 1.87. The second-order valence-electron chi connectivity index (χ2n) is 2.55. The number of hydrogen-bond acceptors (Lipinski definition) is 0. The first-order chi connectivity index (χ1) is 4.74. The third kappa shape index (κ3) is 1.53. The van der Waals surface area contributed by atoms with Crippen LogP contribution in [-0.2, 0) is 0 Å². The third-order valence-electron chi connectivity index (χ3n) is 1.77. The van der Waals surface area contributed by atoms with Gasteiger partial charge in [-0.05, 0) is 0 Å². The van der Waals surface area contributed by atoms with Crippen LogP contribution in [0.2, 0.25) is 0 Å². The van der Waals surface area contributed by atoms with Crippen LogP contribution < -0.4 is 4.24 Å². The Balaban J connectivity index is 3.16. The molecular formula is C9H9Li. The van der Waals surface area contributed by atoms with Gasteiger partial charge in [0.15, 0.2) is 0 Å². The molecule has 1 aromatic carbocycles. The fraction of sp³-hybridized carbons (Fsp3) is 0.111. The van der Waals surface area contributed by atoms with E-state index in [-0.39, 0.29) is 0 Å². The Hall–Kier alpha value is -0.443. The summed E-state index contributed by atoms with van der Waals surface area (Å²) in [4.78, 5) is 0. The van der Waals surface area contributed by atoms with Gasteiger partial charge in [0, 0.05) is 0 Å². The molecule has 0 bridgehead atoms. The fourth-order valence-electron chi connectivity index (χ4n) is 0.892. The van der Waals surface area contributed by atoms with E-state index in [2.05, 4.69) is 49.4 Å². The van der Waals surface area contributed by atoms with E-state index in [1.165, 1.54) is 15.4 Å². The summed E-state index contributed by atoms with van der Waals surface area (Å²) in [5, 5.41) is 0. The molecule has 1 rings (SSSR count). The first kappa shape index (κ1) is 7.66. The summed E-state index contributed by atoms with van der Waals surface area (Å²) in [5.74, 6) is 0. The van der Waals surface area contributed by atoms with E-state index in [9.17, 15) is 0 Å². The first-order valence-electron chi connectivity index (χ1n) is 3.43. The zero-order valence-corrected chi connectivity index (χ0v) is 6.52. The van der Waals surface area contributed by atoms with Gasteiger partial charge >= 0.3 is 70.9 Å². The molecule has 1 heteroatoms. The Labute approximate surface area is 71.2 Å². The summed E-state index contributed by atoms with van der Waals surface area (Å²) in [7, 11) is 0. The fourth-order valence-corrected chi connectivity index (χ4v) is 0.892. The van der Waals surface area contributed by atoms with Gasteiger partial charge in [0.2, 0.25) is 0 Å². The van der Waals surface area contributed by atoms with Crippen LogP contribution in [0.15, 0.2) is 24.8 Å². The molecule has 0 saturated carbocycles. The summed E-state index contributed by atoms with van der Waals surface area (Å²) in [6.45, 7) is 5.82. The SMILES string of the molecule is [Li][c]1cc(C=C)ccc1C. The molecular weight excluding hydrogens is 115 g/mol. The minimum atomic E-state index is 1.20. The molecule has 0 radical (unpaired) electrons. The monoisotopic (exact) mass is 124 g/mol. The van der Waals surface area contributed by atoms with Gasteiger partial charge in [0.1, 0.15) is 0 Å². The first-order valence-corrected chi connectivity index (χ1v) is 3.43. The second kappa shape index (κ2) is 3.10. The van der Waals surface area contributed by atoms with Crippen LogP contribution in [0.3, 0.4) is 0 Å². The number of benzene rings is 1. The molecule has 0 saturated heterocycles. The molecule has 0 atom stereocenters. The molecule has 0 heterocycles. The summed E-state index contributed by atoms with van der Waals surface area (Å²) in [5.41, 5.74) is 2.54. The number of rotatable bonds is 1. The van der Waals surface area contributed by atoms with Crippen molar-refractivity contribution in [2.75, 3.05) is 0 Å². The zero-order chi connectivity index (χ0) is 7.56. The predicted octanol–water partition coefficient (Wildman–Crippen LogP) is 1.43. The molecule has 0 aliphatic heterocycles. The van der Waals surface area contributed by atoms with Crippen LogP contribution in [-0.4, -0.2) is 17.7 Å². The van der Waals surface area contributed by atoms with E-state index in [0.717, 1.165) is 0 Å². The van der Waals surface area contributed by atoms with E-state index < -0.39 is 0 Å². The van der Waals surface area contributed by atoms with Crippen LogP contribution in [0.25, 0.3) is 6.08 Å². The molecule has 0 amide bonds. The topological polar surface area (TPSA) is 0 Å². The van der Waals surface area contributed by atoms with Crippen molar-refractivity contribution < 1.29 is 0 Å². The molecule has 0 fully saturated rings. The Morgan fingerprint density at radius 2 is 2.20 bits per heavy atom. The molecule has 0 N–H and O–H groups in total. The van der Waals surface area contributed by atoms with Crippen molar-refractivity contribution >= 4 is 28.0 Å². The molecule has 0 spiro atoms. The van der Waals surface area contributed by atoms with E-state index in [1.54, 1.807) is 0 Å². The Morgan fingerprint density at radius 1 is 1.50 bits per heavy atom. The van der Waals surface area contributed by atoms with Gasteiger partial charge in [-0.25, -0.2) is 0 Å². The van der Waals surface area contributed by atoms with Gasteiger partial charge in [-0.15, -0.1) is 0 Å². The Kier molecular flexibility index (Phi) is 2.37. The second-order valence-corrected chi connectivity index (χ2v) is 2.55. The molecule has 10 heavy (non-hydrogen) atoms. The van der Waals surface area contributed by atoms with Gasteiger partial charge in [0.25, 0.3) is 0 Å². The molecule has 46 valence electrons. The van der Waals surface area contributed by atoms with Gasteiger partial charge in [0.05, 0.1) is 0 Å². The van der Waals surface area contributed by atoms with Crippen LogP contribution in [0, 0.1) is 6.92 Å². The van der Waals surface area contributed by atoms with Crippen LogP contribution in [0.4, 0.5) is 0 Å². The normalized spacial score (nSPS) is 9.50. The standard InChI is InChI=1S/C9H9.Li/c1-3-9-6-4-8(2)5-7-9;/h3-4,6-7H,1H2,2H3;. The summed E-state index contributed by atoms with van der Waals surface area (Å²) >= 11 is 2.11. The van der Waals surface area contributed by atoms with Crippen molar-refractivity contribution in [3.8, 4) is 0 Å². The predicted molar refractivity (Wildman–Crippen MR) is 46.7 cm³/mol. The van der Waals surface area contributed by atoms with Gasteiger partial charge in [-0.2, -0.15) is 0 Å². The number of hydrogen-bond donors (Lipinski definition) is 0.